The van der Waals surface area contributed by atoms with Gasteiger partial charge in [0.15, 0.2) is 0 Å². The summed E-state index contributed by atoms with van der Waals surface area (Å²) < 4.78 is 2.05. The summed E-state index contributed by atoms with van der Waals surface area (Å²) in [6, 6.07) is 17.9. The number of aromatic nitrogens is 1. The second kappa shape index (κ2) is 5.44. The predicted molar refractivity (Wildman–Crippen MR) is 85.2 cm³/mol. The van der Waals surface area contributed by atoms with Crippen molar-refractivity contribution >= 4 is 16.8 Å². The Hall–Kier alpha value is -2.55. The van der Waals surface area contributed by atoms with Gasteiger partial charge in [0.2, 0.25) is 0 Å². The smallest absolute Gasteiger partial charge is 0.253 e. The van der Waals surface area contributed by atoms with Crippen LogP contribution in [0.15, 0.2) is 60.8 Å². The summed E-state index contributed by atoms with van der Waals surface area (Å²) in [6.07, 6.45) is 2.01. The molecular formula is C18H18N2O. The number of fused-ring (bicyclic) bond motifs is 1. The number of benzene rings is 2. The number of rotatable bonds is 3. The van der Waals surface area contributed by atoms with Crippen LogP contribution in [0.3, 0.4) is 0 Å². The van der Waals surface area contributed by atoms with Gasteiger partial charge in [-0.1, -0.05) is 30.3 Å². The summed E-state index contributed by atoms with van der Waals surface area (Å²) in [5, 5.41) is 1.09. The van der Waals surface area contributed by atoms with Crippen molar-refractivity contribution in [3.63, 3.8) is 0 Å². The van der Waals surface area contributed by atoms with E-state index in [0.717, 1.165) is 22.0 Å². The maximum absolute atomic E-state index is 12.5. The first-order valence-corrected chi connectivity index (χ1v) is 6.99. The summed E-state index contributed by atoms with van der Waals surface area (Å²) in [6.45, 7) is 0.618. The van der Waals surface area contributed by atoms with E-state index in [1.807, 2.05) is 74.9 Å². The van der Waals surface area contributed by atoms with E-state index >= 15 is 0 Å². The lowest BCUT2D eigenvalue weighted by atomic mass is 10.1. The van der Waals surface area contributed by atoms with Gasteiger partial charge in [0, 0.05) is 43.3 Å². The highest BCUT2D eigenvalue weighted by Crippen LogP contribution is 2.18. The first kappa shape index (κ1) is 13.4. The first-order valence-electron chi connectivity index (χ1n) is 6.99. The highest BCUT2D eigenvalue weighted by Gasteiger charge is 2.13. The number of aryl methyl sites for hydroxylation is 1. The van der Waals surface area contributed by atoms with Crippen molar-refractivity contribution in [3.8, 4) is 0 Å². The summed E-state index contributed by atoms with van der Waals surface area (Å²) in [4.78, 5) is 14.3. The normalized spacial score (nSPS) is 10.8. The monoisotopic (exact) mass is 278 g/mol. The quantitative estimate of drug-likeness (QED) is 0.720. The molecule has 21 heavy (non-hydrogen) atoms. The molecule has 0 saturated heterocycles. The second-order valence-electron chi connectivity index (χ2n) is 5.35. The van der Waals surface area contributed by atoms with E-state index in [-0.39, 0.29) is 5.91 Å². The average Bonchev–Trinajstić information content (AvgIpc) is 2.88. The molecule has 106 valence electrons. The molecule has 0 aliphatic heterocycles. The molecule has 0 spiro atoms. The number of amides is 1. The number of hydrogen-bond donors (Lipinski definition) is 0. The molecule has 1 heterocycles. The van der Waals surface area contributed by atoms with E-state index in [2.05, 4.69) is 4.57 Å². The fourth-order valence-electron chi connectivity index (χ4n) is 2.56. The summed E-state index contributed by atoms with van der Waals surface area (Å²) in [5.74, 6) is 0.0459. The van der Waals surface area contributed by atoms with Gasteiger partial charge in [0.05, 0.1) is 0 Å². The standard InChI is InChI=1S/C18H18N2O/c1-19-11-10-15-12-16(8-9-17(15)19)18(21)20(2)13-14-6-4-3-5-7-14/h3-12H,13H2,1-2H3. The predicted octanol–water partition coefficient (Wildman–Crippen LogP) is 3.45. The van der Waals surface area contributed by atoms with Crippen molar-refractivity contribution in [2.45, 2.75) is 6.54 Å². The van der Waals surface area contributed by atoms with Crippen molar-refractivity contribution in [3.05, 3.63) is 71.9 Å². The van der Waals surface area contributed by atoms with E-state index in [4.69, 9.17) is 0 Å². The lowest BCUT2D eigenvalue weighted by Crippen LogP contribution is -2.26. The summed E-state index contributed by atoms with van der Waals surface area (Å²) in [5.41, 5.74) is 3.00. The van der Waals surface area contributed by atoms with Crippen LogP contribution in [0, 0.1) is 0 Å². The minimum absolute atomic E-state index is 0.0459. The average molecular weight is 278 g/mol. The van der Waals surface area contributed by atoms with E-state index < -0.39 is 0 Å². The minimum Gasteiger partial charge on any atom is -0.351 e. The highest BCUT2D eigenvalue weighted by molar-refractivity contribution is 5.98. The van der Waals surface area contributed by atoms with E-state index in [9.17, 15) is 4.79 Å². The van der Waals surface area contributed by atoms with Gasteiger partial charge in [0.1, 0.15) is 0 Å². The second-order valence-corrected chi connectivity index (χ2v) is 5.35. The fraction of sp³-hybridized carbons (Fsp3) is 0.167. The van der Waals surface area contributed by atoms with Gasteiger partial charge in [-0.15, -0.1) is 0 Å². The molecule has 0 radical (unpaired) electrons. The molecule has 2 aromatic carbocycles. The van der Waals surface area contributed by atoms with Crippen LogP contribution in [-0.4, -0.2) is 22.4 Å². The zero-order valence-corrected chi connectivity index (χ0v) is 12.3. The lowest BCUT2D eigenvalue weighted by Gasteiger charge is -2.17. The Kier molecular flexibility index (Phi) is 3.48. The molecule has 1 aromatic heterocycles. The Balaban J connectivity index is 1.82. The molecule has 3 heteroatoms. The molecule has 0 saturated carbocycles. The van der Waals surface area contributed by atoms with Crippen LogP contribution in [0.4, 0.5) is 0 Å². The Bertz CT molecular complexity index is 774. The Morgan fingerprint density at radius 1 is 1.10 bits per heavy atom. The molecule has 3 rings (SSSR count). The number of hydrogen-bond acceptors (Lipinski definition) is 1. The lowest BCUT2D eigenvalue weighted by molar-refractivity contribution is 0.0785. The van der Waals surface area contributed by atoms with Gasteiger partial charge in [0.25, 0.3) is 5.91 Å². The van der Waals surface area contributed by atoms with Gasteiger partial charge < -0.3 is 9.47 Å². The van der Waals surface area contributed by atoms with E-state index in [1.54, 1.807) is 4.90 Å². The SMILES string of the molecule is CN(Cc1ccccc1)C(=O)c1ccc2c(ccn2C)c1. The topological polar surface area (TPSA) is 25.2 Å². The maximum atomic E-state index is 12.5. The van der Waals surface area contributed by atoms with Crippen LogP contribution in [0.5, 0.6) is 0 Å². The van der Waals surface area contributed by atoms with Gasteiger partial charge in [-0.2, -0.15) is 0 Å². The third-order valence-corrected chi connectivity index (χ3v) is 3.74. The Labute approximate surface area is 124 Å². The molecule has 0 fully saturated rings. The fourth-order valence-corrected chi connectivity index (χ4v) is 2.56. The molecule has 0 aliphatic carbocycles. The molecule has 0 atom stereocenters. The Morgan fingerprint density at radius 2 is 1.86 bits per heavy atom. The summed E-state index contributed by atoms with van der Waals surface area (Å²) >= 11 is 0. The number of carbonyl (C=O) groups excluding carboxylic acids is 1. The summed E-state index contributed by atoms with van der Waals surface area (Å²) in [7, 11) is 3.84. The van der Waals surface area contributed by atoms with Gasteiger partial charge in [-0.25, -0.2) is 0 Å². The number of nitrogens with zero attached hydrogens (tertiary/aromatic N) is 2. The van der Waals surface area contributed by atoms with Crippen molar-refractivity contribution < 1.29 is 4.79 Å². The van der Waals surface area contributed by atoms with Gasteiger partial charge in [-0.05, 0) is 29.8 Å². The van der Waals surface area contributed by atoms with Crippen molar-refractivity contribution in [1.29, 1.82) is 0 Å². The molecule has 0 aliphatic rings. The van der Waals surface area contributed by atoms with Crippen molar-refractivity contribution in [1.82, 2.24) is 9.47 Å². The third kappa shape index (κ3) is 2.68. The van der Waals surface area contributed by atoms with Crippen LogP contribution in [-0.2, 0) is 13.6 Å². The van der Waals surface area contributed by atoms with E-state index in [1.165, 1.54) is 0 Å². The van der Waals surface area contributed by atoms with Gasteiger partial charge in [-0.3, -0.25) is 4.79 Å². The molecule has 1 amide bonds. The van der Waals surface area contributed by atoms with Crippen LogP contribution in [0.1, 0.15) is 15.9 Å². The van der Waals surface area contributed by atoms with Crippen LogP contribution >= 0.6 is 0 Å². The minimum atomic E-state index is 0.0459. The van der Waals surface area contributed by atoms with Crippen molar-refractivity contribution in [2.75, 3.05) is 7.05 Å². The third-order valence-electron chi connectivity index (χ3n) is 3.74. The zero-order chi connectivity index (χ0) is 14.8. The molecular weight excluding hydrogens is 260 g/mol. The Morgan fingerprint density at radius 3 is 2.62 bits per heavy atom. The molecule has 3 aromatic rings. The maximum Gasteiger partial charge on any atom is 0.253 e. The van der Waals surface area contributed by atoms with Crippen LogP contribution in [0.25, 0.3) is 10.9 Å². The van der Waals surface area contributed by atoms with E-state index in [0.29, 0.717) is 6.54 Å². The highest BCUT2D eigenvalue weighted by atomic mass is 16.2. The largest absolute Gasteiger partial charge is 0.351 e. The molecule has 0 bridgehead atoms. The van der Waals surface area contributed by atoms with Crippen LogP contribution < -0.4 is 0 Å². The molecule has 0 unspecified atom stereocenters. The first-order chi connectivity index (χ1) is 10.1. The van der Waals surface area contributed by atoms with Crippen molar-refractivity contribution in [2.24, 2.45) is 7.05 Å². The number of carbonyl (C=O) groups is 1. The molecule has 0 N–H and O–H groups in total. The molecule has 3 nitrogen and oxygen atoms in total. The van der Waals surface area contributed by atoms with Gasteiger partial charge >= 0.3 is 0 Å². The zero-order valence-electron chi connectivity index (χ0n) is 12.3. The van der Waals surface area contributed by atoms with Crippen LogP contribution in [0.2, 0.25) is 0 Å².